The number of ether oxygens (including phenoxy) is 1. The maximum Gasteiger partial charge on any atom is 0.354 e. The van der Waals surface area contributed by atoms with Crippen LogP contribution in [-0.2, 0) is 4.74 Å². The highest BCUT2D eigenvalue weighted by Crippen LogP contribution is 2.29. The molecule has 5 nitrogen and oxygen atoms in total. The number of esters is 1. The van der Waals surface area contributed by atoms with Crippen molar-refractivity contribution >= 4 is 39.0 Å². The standard InChI is InChI=1S/C14H13N3O2S/c1-17(12-4-3-5-20-12)10-6-9-7-11(14(18)19-2)16-13(9)15-8-10/h3-8H,1-2H3,(H,15,16). The van der Waals surface area contributed by atoms with Crippen LogP contribution in [0.4, 0.5) is 10.7 Å². The van der Waals surface area contributed by atoms with Gasteiger partial charge in [-0.3, -0.25) is 0 Å². The summed E-state index contributed by atoms with van der Waals surface area (Å²) in [6.07, 6.45) is 1.78. The first-order valence-electron chi connectivity index (χ1n) is 6.03. The van der Waals surface area contributed by atoms with Crippen molar-refractivity contribution < 1.29 is 9.53 Å². The van der Waals surface area contributed by atoms with E-state index in [1.165, 1.54) is 7.11 Å². The minimum atomic E-state index is -0.392. The molecule has 3 rings (SSSR count). The van der Waals surface area contributed by atoms with Gasteiger partial charge in [0.15, 0.2) is 0 Å². The molecule has 0 aliphatic carbocycles. The van der Waals surface area contributed by atoms with Crippen molar-refractivity contribution in [2.24, 2.45) is 0 Å². The van der Waals surface area contributed by atoms with Crippen LogP contribution in [0.5, 0.6) is 0 Å². The molecule has 0 spiro atoms. The molecule has 0 aromatic carbocycles. The third-order valence-electron chi connectivity index (χ3n) is 3.08. The molecule has 20 heavy (non-hydrogen) atoms. The molecular weight excluding hydrogens is 274 g/mol. The quantitative estimate of drug-likeness (QED) is 0.752. The summed E-state index contributed by atoms with van der Waals surface area (Å²) in [6.45, 7) is 0. The van der Waals surface area contributed by atoms with Gasteiger partial charge in [0.2, 0.25) is 0 Å². The highest BCUT2D eigenvalue weighted by molar-refractivity contribution is 7.14. The number of aromatic nitrogens is 2. The van der Waals surface area contributed by atoms with Crippen LogP contribution in [0, 0.1) is 0 Å². The zero-order valence-electron chi connectivity index (χ0n) is 11.1. The fourth-order valence-corrected chi connectivity index (χ4v) is 2.71. The molecule has 6 heteroatoms. The summed E-state index contributed by atoms with van der Waals surface area (Å²) in [6, 6.07) is 7.80. The van der Waals surface area contributed by atoms with Gasteiger partial charge in [-0.2, -0.15) is 0 Å². The summed E-state index contributed by atoms with van der Waals surface area (Å²) in [4.78, 5) is 20.9. The summed E-state index contributed by atoms with van der Waals surface area (Å²) >= 11 is 1.66. The molecular formula is C14H13N3O2S. The Hall–Kier alpha value is -2.34. The lowest BCUT2D eigenvalue weighted by Crippen LogP contribution is -2.07. The molecule has 0 fully saturated rings. The minimum Gasteiger partial charge on any atom is -0.464 e. The third kappa shape index (κ3) is 2.14. The van der Waals surface area contributed by atoms with Crippen molar-refractivity contribution in [3.05, 3.63) is 41.5 Å². The molecule has 0 aliphatic heterocycles. The molecule has 102 valence electrons. The highest BCUT2D eigenvalue weighted by Gasteiger charge is 2.12. The molecule has 0 radical (unpaired) electrons. The third-order valence-corrected chi connectivity index (χ3v) is 4.03. The summed E-state index contributed by atoms with van der Waals surface area (Å²) in [5.74, 6) is -0.392. The number of fused-ring (bicyclic) bond motifs is 1. The Morgan fingerprint density at radius 2 is 2.30 bits per heavy atom. The number of anilines is 2. The average Bonchev–Trinajstić information content (AvgIpc) is 3.13. The van der Waals surface area contributed by atoms with Gasteiger partial charge < -0.3 is 14.6 Å². The first-order chi connectivity index (χ1) is 9.69. The lowest BCUT2D eigenvalue weighted by molar-refractivity contribution is 0.0595. The number of H-pyrrole nitrogens is 1. The van der Waals surface area contributed by atoms with Crippen molar-refractivity contribution in [2.75, 3.05) is 19.1 Å². The Balaban J connectivity index is 2.00. The van der Waals surface area contributed by atoms with E-state index in [4.69, 9.17) is 4.74 Å². The van der Waals surface area contributed by atoms with E-state index in [9.17, 15) is 4.79 Å². The van der Waals surface area contributed by atoms with Gasteiger partial charge in [0.05, 0.1) is 24.0 Å². The number of methoxy groups -OCH3 is 1. The number of nitrogens with zero attached hydrogens (tertiary/aromatic N) is 2. The Kier molecular flexibility index (Phi) is 3.15. The molecule has 3 aromatic rings. The van der Waals surface area contributed by atoms with Crippen molar-refractivity contribution in [3.63, 3.8) is 0 Å². The van der Waals surface area contributed by atoms with Crippen LogP contribution in [0.15, 0.2) is 35.8 Å². The van der Waals surface area contributed by atoms with Gasteiger partial charge in [-0.15, -0.1) is 11.3 Å². The summed E-state index contributed by atoms with van der Waals surface area (Å²) in [7, 11) is 3.35. The average molecular weight is 287 g/mol. The van der Waals surface area contributed by atoms with E-state index in [1.54, 1.807) is 23.6 Å². The Morgan fingerprint density at radius 1 is 1.45 bits per heavy atom. The van der Waals surface area contributed by atoms with E-state index < -0.39 is 5.97 Å². The molecule has 3 heterocycles. The van der Waals surface area contributed by atoms with Gasteiger partial charge in [0.1, 0.15) is 11.3 Å². The number of hydrogen-bond donors (Lipinski definition) is 1. The van der Waals surface area contributed by atoms with Gasteiger partial charge >= 0.3 is 5.97 Å². The molecule has 0 aliphatic rings. The number of thiophene rings is 1. The monoisotopic (exact) mass is 287 g/mol. The number of carbonyl (C=O) groups excluding carboxylic acids is 1. The van der Waals surface area contributed by atoms with E-state index >= 15 is 0 Å². The van der Waals surface area contributed by atoms with Crippen LogP contribution in [0.25, 0.3) is 11.0 Å². The number of carbonyl (C=O) groups is 1. The van der Waals surface area contributed by atoms with Crippen LogP contribution in [0.1, 0.15) is 10.5 Å². The molecule has 0 unspecified atom stereocenters. The van der Waals surface area contributed by atoms with Crippen molar-refractivity contribution in [2.45, 2.75) is 0 Å². The number of pyridine rings is 1. The number of aromatic amines is 1. The van der Waals surface area contributed by atoms with Crippen LogP contribution in [0.2, 0.25) is 0 Å². The van der Waals surface area contributed by atoms with E-state index in [-0.39, 0.29) is 0 Å². The van der Waals surface area contributed by atoms with Crippen molar-refractivity contribution in [1.29, 1.82) is 0 Å². The van der Waals surface area contributed by atoms with Crippen LogP contribution in [0.3, 0.4) is 0 Å². The summed E-state index contributed by atoms with van der Waals surface area (Å²) in [5, 5.41) is 4.05. The SMILES string of the molecule is COC(=O)c1cc2cc(N(C)c3cccs3)cnc2[nH]1. The minimum absolute atomic E-state index is 0.392. The van der Waals surface area contributed by atoms with Crippen molar-refractivity contribution in [3.8, 4) is 0 Å². The highest BCUT2D eigenvalue weighted by atomic mass is 32.1. The van der Waals surface area contributed by atoms with E-state index in [0.29, 0.717) is 11.3 Å². The molecule has 3 aromatic heterocycles. The zero-order valence-corrected chi connectivity index (χ0v) is 11.9. The molecule has 0 saturated heterocycles. The van der Waals surface area contributed by atoms with Crippen LogP contribution < -0.4 is 4.90 Å². The Bertz CT molecular complexity index is 749. The molecule has 1 N–H and O–H groups in total. The summed E-state index contributed by atoms with van der Waals surface area (Å²) in [5.41, 5.74) is 2.05. The van der Waals surface area contributed by atoms with Gasteiger partial charge in [0.25, 0.3) is 0 Å². The van der Waals surface area contributed by atoms with Gasteiger partial charge in [-0.25, -0.2) is 9.78 Å². The van der Waals surface area contributed by atoms with Crippen LogP contribution >= 0.6 is 11.3 Å². The maximum absolute atomic E-state index is 11.5. The lowest BCUT2D eigenvalue weighted by atomic mass is 10.3. The first kappa shape index (κ1) is 12.7. The van der Waals surface area contributed by atoms with E-state index in [1.807, 2.05) is 30.6 Å². The molecule has 0 bridgehead atoms. The van der Waals surface area contributed by atoms with E-state index in [2.05, 4.69) is 14.9 Å². The second kappa shape index (κ2) is 4.97. The van der Waals surface area contributed by atoms with Gasteiger partial charge in [-0.1, -0.05) is 0 Å². The Morgan fingerprint density at radius 3 is 3.00 bits per heavy atom. The molecule has 0 saturated carbocycles. The smallest absolute Gasteiger partial charge is 0.354 e. The zero-order chi connectivity index (χ0) is 14.1. The lowest BCUT2D eigenvalue weighted by Gasteiger charge is -2.16. The van der Waals surface area contributed by atoms with Crippen LogP contribution in [-0.4, -0.2) is 30.1 Å². The van der Waals surface area contributed by atoms with E-state index in [0.717, 1.165) is 16.1 Å². The second-order valence-electron chi connectivity index (χ2n) is 4.32. The number of nitrogens with one attached hydrogen (secondary N) is 1. The number of hydrogen-bond acceptors (Lipinski definition) is 5. The topological polar surface area (TPSA) is 58.2 Å². The normalized spacial score (nSPS) is 10.7. The largest absolute Gasteiger partial charge is 0.464 e. The molecule has 0 amide bonds. The second-order valence-corrected chi connectivity index (χ2v) is 5.24. The number of rotatable bonds is 3. The predicted molar refractivity (Wildman–Crippen MR) is 79.8 cm³/mol. The summed E-state index contributed by atoms with van der Waals surface area (Å²) < 4.78 is 4.70. The van der Waals surface area contributed by atoms with Gasteiger partial charge in [-0.05, 0) is 29.6 Å². The fourth-order valence-electron chi connectivity index (χ4n) is 2.00. The molecule has 0 atom stereocenters. The van der Waals surface area contributed by atoms with Gasteiger partial charge in [0, 0.05) is 12.4 Å². The maximum atomic E-state index is 11.5. The first-order valence-corrected chi connectivity index (χ1v) is 6.91. The fraction of sp³-hybridized carbons (Fsp3) is 0.143. The Labute approximate surface area is 119 Å². The predicted octanol–water partition coefficient (Wildman–Crippen LogP) is 3.18. The van der Waals surface area contributed by atoms with Crippen molar-refractivity contribution in [1.82, 2.24) is 9.97 Å².